The van der Waals surface area contributed by atoms with E-state index in [1.807, 2.05) is 0 Å². The smallest absolute Gasteiger partial charge is 0.220 e. The maximum atomic E-state index is 11.9. The van der Waals surface area contributed by atoms with Crippen molar-refractivity contribution in [1.29, 1.82) is 0 Å². The molecule has 15 nitrogen and oxygen atoms in total. The Morgan fingerprint density at radius 3 is 0.854 bits per heavy atom. The Kier molecular flexibility index (Phi) is 19.3. The van der Waals surface area contributed by atoms with E-state index in [0.717, 1.165) is 0 Å². The van der Waals surface area contributed by atoms with E-state index in [0.29, 0.717) is 6.42 Å². The average molecular weight is 582 g/mol. The Bertz CT molecular complexity index is 1010. The van der Waals surface area contributed by atoms with Gasteiger partial charge in [0, 0.05) is 64.7 Å². The zero-order valence-corrected chi connectivity index (χ0v) is 23.5. The Morgan fingerprint density at radius 1 is 0.366 bits per heavy atom. The van der Waals surface area contributed by atoms with Crippen LogP contribution in [0.1, 0.15) is 71.6 Å². The lowest BCUT2D eigenvalue weighted by Gasteiger charge is -2.07. The van der Waals surface area contributed by atoms with Gasteiger partial charge in [-0.1, -0.05) is 6.92 Å². The first-order valence-corrected chi connectivity index (χ1v) is 13.2. The molecule has 0 aromatic rings. The summed E-state index contributed by atoms with van der Waals surface area (Å²) < 4.78 is 0. The minimum absolute atomic E-state index is 0.0953. The van der Waals surface area contributed by atoms with Gasteiger partial charge in [0.15, 0.2) is 28.9 Å². The first-order chi connectivity index (χ1) is 19.3. The second-order valence-electron chi connectivity index (χ2n) is 9.06. The normalized spacial score (nSPS) is 10.1. The maximum Gasteiger partial charge on any atom is 0.220 e. The highest BCUT2D eigenvalue weighted by molar-refractivity contribution is 5.93. The first kappa shape index (κ1) is 36.7. The van der Waals surface area contributed by atoms with E-state index < -0.39 is 41.0 Å². The van der Waals surface area contributed by atoms with Gasteiger partial charge in [0.05, 0.1) is 32.7 Å². The molecule has 0 fully saturated rings. The van der Waals surface area contributed by atoms with Crippen molar-refractivity contribution in [2.45, 2.75) is 71.6 Å². The molecular formula is C26H39N5O10. The lowest BCUT2D eigenvalue weighted by molar-refractivity contribution is -0.129. The number of Topliss-reactive ketones (excluding diaryl/α,β-unsaturated/α-hetero) is 5. The minimum atomic E-state index is -0.570. The third-order valence-corrected chi connectivity index (χ3v) is 5.38. The SMILES string of the molecule is CCC(=O)CNC(=O)CCC(=O)CNC(=O)CCC(=O)CNC(=O)CCC(=O)CNC(=O)CCC(=O)CNC(C)=O. The molecule has 0 saturated heterocycles. The van der Waals surface area contributed by atoms with Gasteiger partial charge < -0.3 is 26.6 Å². The Hall–Kier alpha value is -4.30. The Balaban J connectivity index is 3.95. The zero-order chi connectivity index (χ0) is 31.2. The fourth-order valence-electron chi connectivity index (χ4n) is 2.86. The van der Waals surface area contributed by atoms with Crippen LogP contribution in [0.25, 0.3) is 0 Å². The monoisotopic (exact) mass is 581 g/mol. The minimum Gasteiger partial charge on any atom is -0.349 e. The molecule has 0 atom stereocenters. The molecule has 0 aromatic heterocycles. The number of nitrogens with one attached hydrogen (secondary N) is 5. The molecule has 41 heavy (non-hydrogen) atoms. The molecular weight excluding hydrogens is 542 g/mol. The fourth-order valence-corrected chi connectivity index (χ4v) is 2.86. The van der Waals surface area contributed by atoms with E-state index in [9.17, 15) is 47.9 Å². The second-order valence-corrected chi connectivity index (χ2v) is 9.06. The summed E-state index contributed by atoms with van der Waals surface area (Å²) in [5.41, 5.74) is 0. The standard InChI is InChI=1S/C26H39N5O10/c1-3-18(33)12-28-23(38)9-5-20(35)14-30-25(40)11-7-22(37)16-31-26(41)10-6-21(36)15-29-24(39)8-4-19(34)13-27-17(2)32/h3-16H2,1-2H3,(H,27,32)(H,28,38)(H,29,39)(H,30,40)(H,31,41). The predicted molar refractivity (Wildman–Crippen MR) is 143 cm³/mol. The van der Waals surface area contributed by atoms with Crippen LogP contribution in [-0.4, -0.2) is 91.2 Å². The predicted octanol–water partition coefficient (Wildman–Crippen LogP) is -2.04. The summed E-state index contributed by atoms with van der Waals surface area (Å²) in [6.45, 7) is 1.67. The lowest BCUT2D eigenvalue weighted by atomic mass is 10.1. The largest absolute Gasteiger partial charge is 0.349 e. The number of rotatable bonds is 23. The van der Waals surface area contributed by atoms with Crippen LogP contribution in [0.2, 0.25) is 0 Å². The van der Waals surface area contributed by atoms with Gasteiger partial charge in [-0.3, -0.25) is 47.9 Å². The molecule has 5 N–H and O–H groups in total. The molecule has 0 radical (unpaired) electrons. The highest BCUT2D eigenvalue weighted by Crippen LogP contribution is 1.96. The fraction of sp³-hybridized carbons (Fsp3) is 0.615. The third kappa shape index (κ3) is 22.2. The van der Waals surface area contributed by atoms with E-state index in [1.165, 1.54) is 6.92 Å². The number of ketones is 5. The third-order valence-electron chi connectivity index (χ3n) is 5.38. The van der Waals surface area contributed by atoms with E-state index in [-0.39, 0.29) is 102 Å². The van der Waals surface area contributed by atoms with Gasteiger partial charge in [-0.25, -0.2) is 0 Å². The molecule has 0 unspecified atom stereocenters. The molecule has 228 valence electrons. The molecule has 0 aliphatic heterocycles. The van der Waals surface area contributed by atoms with E-state index in [1.54, 1.807) is 6.92 Å². The molecule has 5 amide bonds. The van der Waals surface area contributed by atoms with Gasteiger partial charge in [0.2, 0.25) is 29.5 Å². The van der Waals surface area contributed by atoms with Gasteiger partial charge in [-0.15, -0.1) is 0 Å². The number of hydrogen-bond acceptors (Lipinski definition) is 10. The highest BCUT2D eigenvalue weighted by Gasteiger charge is 2.14. The van der Waals surface area contributed by atoms with E-state index >= 15 is 0 Å². The van der Waals surface area contributed by atoms with Crippen molar-refractivity contribution in [3.63, 3.8) is 0 Å². The molecule has 0 aliphatic carbocycles. The van der Waals surface area contributed by atoms with Crippen molar-refractivity contribution in [3.05, 3.63) is 0 Å². The number of amides is 5. The Morgan fingerprint density at radius 2 is 0.610 bits per heavy atom. The topological polar surface area (TPSA) is 231 Å². The van der Waals surface area contributed by atoms with Crippen LogP contribution in [0.15, 0.2) is 0 Å². The average Bonchev–Trinajstić information content (AvgIpc) is 2.94. The molecule has 0 aliphatic rings. The van der Waals surface area contributed by atoms with Crippen LogP contribution in [0.4, 0.5) is 0 Å². The van der Waals surface area contributed by atoms with Crippen molar-refractivity contribution in [2.75, 3.05) is 32.7 Å². The van der Waals surface area contributed by atoms with Crippen LogP contribution in [0, 0.1) is 0 Å². The molecule has 0 bridgehead atoms. The summed E-state index contributed by atoms with van der Waals surface area (Å²) in [5.74, 6) is -4.19. The molecule has 0 aromatic carbocycles. The summed E-state index contributed by atoms with van der Waals surface area (Å²) >= 11 is 0. The van der Waals surface area contributed by atoms with Crippen LogP contribution >= 0.6 is 0 Å². The van der Waals surface area contributed by atoms with Gasteiger partial charge in [0.1, 0.15) is 0 Å². The van der Waals surface area contributed by atoms with Gasteiger partial charge in [-0.2, -0.15) is 0 Å². The van der Waals surface area contributed by atoms with Crippen molar-refractivity contribution in [3.8, 4) is 0 Å². The van der Waals surface area contributed by atoms with Gasteiger partial charge in [-0.05, 0) is 0 Å². The summed E-state index contributed by atoms with van der Waals surface area (Å²) in [4.78, 5) is 116. The van der Waals surface area contributed by atoms with Gasteiger partial charge in [0.25, 0.3) is 0 Å². The van der Waals surface area contributed by atoms with Crippen LogP contribution in [0.3, 0.4) is 0 Å². The maximum absolute atomic E-state index is 11.9. The molecule has 0 saturated carbocycles. The van der Waals surface area contributed by atoms with Crippen molar-refractivity contribution in [2.24, 2.45) is 0 Å². The van der Waals surface area contributed by atoms with E-state index in [4.69, 9.17) is 0 Å². The van der Waals surface area contributed by atoms with Gasteiger partial charge >= 0.3 is 0 Å². The van der Waals surface area contributed by atoms with Crippen LogP contribution in [0.5, 0.6) is 0 Å². The summed E-state index contributed by atoms with van der Waals surface area (Å²) in [5, 5.41) is 11.7. The molecule has 0 rings (SSSR count). The van der Waals surface area contributed by atoms with Crippen LogP contribution in [-0.2, 0) is 47.9 Å². The van der Waals surface area contributed by atoms with E-state index in [2.05, 4.69) is 26.6 Å². The molecule has 15 heteroatoms. The van der Waals surface area contributed by atoms with Crippen molar-refractivity contribution in [1.82, 2.24) is 26.6 Å². The molecule has 0 spiro atoms. The Labute approximate surface area is 237 Å². The van der Waals surface area contributed by atoms with Crippen molar-refractivity contribution >= 4 is 58.5 Å². The lowest BCUT2D eigenvalue weighted by Crippen LogP contribution is -2.34. The summed E-state index contributed by atoms with van der Waals surface area (Å²) in [6.07, 6.45) is -0.983. The number of carbonyl (C=O) groups excluding carboxylic acids is 10. The van der Waals surface area contributed by atoms with Crippen molar-refractivity contribution < 1.29 is 47.9 Å². The zero-order valence-electron chi connectivity index (χ0n) is 23.5. The first-order valence-electron chi connectivity index (χ1n) is 13.2. The highest BCUT2D eigenvalue weighted by atomic mass is 16.2. The quantitative estimate of drug-likeness (QED) is 0.0887. The summed E-state index contributed by atoms with van der Waals surface area (Å²) in [7, 11) is 0. The van der Waals surface area contributed by atoms with Crippen LogP contribution < -0.4 is 26.6 Å². The molecule has 0 heterocycles. The second kappa shape index (κ2) is 21.5. The number of hydrogen-bond donors (Lipinski definition) is 5. The summed E-state index contributed by atoms with van der Waals surface area (Å²) in [6, 6.07) is 0. The number of carbonyl (C=O) groups is 10.